The van der Waals surface area contributed by atoms with Gasteiger partial charge >= 0.3 is 0 Å². The second-order valence-electron chi connectivity index (χ2n) is 6.47. The van der Waals surface area contributed by atoms with E-state index in [2.05, 4.69) is 10.6 Å². The number of carbonyl (C=O) groups excluding carboxylic acids is 1. The molecule has 0 atom stereocenters. The standard InChI is InChI=1S/C18H29N3O4S/c1-5-21(6-2)26(23,24)16-13-15(8-7-14(16)3)20-17(22)18(25-4)9-11-19-12-10-18/h7-8,13,19H,5-6,9-12H2,1-4H3,(H,20,22). The second kappa shape index (κ2) is 8.47. The highest BCUT2D eigenvalue weighted by atomic mass is 32.2. The van der Waals surface area contributed by atoms with Crippen LogP contribution in [0.5, 0.6) is 0 Å². The fraction of sp³-hybridized carbons (Fsp3) is 0.611. The third-order valence-electron chi connectivity index (χ3n) is 4.99. The second-order valence-corrected chi connectivity index (χ2v) is 8.38. The van der Waals surface area contributed by atoms with Gasteiger partial charge < -0.3 is 15.4 Å². The number of piperidine rings is 1. The molecule has 0 aromatic heterocycles. The van der Waals surface area contributed by atoms with Crippen molar-refractivity contribution >= 4 is 21.6 Å². The molecule has 0 aliphatic carbocycles. The van der Waals surface area contributed by atoms with Gasteiger partial charge in [-0.05, 0) is 50.6 Å². The van der Waals surface area contributed by atoms with Crippen LogP contribution in [0.15, 0.2) is 23.1 Å². The lowest BCUT2D eigenvalue weighted by atomic mass is 9.91. The number of carbonyl (C=O) groups is 1. The zero-order chi connectivity index (χ0) is 19.4. The van der Waals surface area contributed by atoms with Crippen LogP contribution in [0.1, 0.15) is 32.3 Å². The van der Waals surface area contributed by atoms with E-state index in [0.717, 1.165) is 0 Å². The van der Waals surface area contributed by atoms with Crippen molar-refractivity contribution in [3.8, 4) is 0 Å². The zero-order valence-corrected chi connectivity index (χ0v) is 16.8. The number of rotatable bonds is 7. The molecule has 1 saturated heterocycles. The number of hydrogen-bond acceptors (Lipinski definition) is 5. The Morgan fingerprint density at radius 1 is 1.27 bits per heavy atom. The van der Waals surface area contributed by atoms with E-state index in [9.17, 15) is 13.2 Å². The van der Waals surface area contributed by atoms with Gasteiger partial charge in [0.1, 0.15) is 5.60 Å². The van der Waals surface area contributed by atoms with Gasteiger partial charge in [0.25, 0.3) is 5.91 Å². The number of amides is 1. The molecule has 2 rings (SSSR count). The number of hydrogen-bond donors (Lipinski definition) is 2. The van der Waals surface area contributed by atoms with E-state index in [1.54, 1.807) is 19.1 Å². The normalized spacial score (nSPS) is 17.3. The Kier molecular flexibility index (Phi) is 6.79. The fourth-order valence-electron chi connectivity index (χ4n) is 3.26. The molecule has 1 aromatic carbocycles. The Hall–Kier alpha value is -1.48. The van der Waals surface area contributed by atoms with E-state index in [1.165, 1.54) is 17.5 Å². The summed E-state index contributed by atoms with van der Waals surface area (Å²) in [5, 5.41) is 6.05. The fourth-order valence-corrected chi connectivity index (χ4v) is 4.97. The van der Waals surface area contributed by atoms with Gasteiger partial charge in [-0.1, -0.05) is 19.9 Å². The predicted octanol–water partition coefficient (Wildman–Crippen LogP) is 1.73. The molecule has 0 spiro atoms. The van der Waals surface area contributed by atoms with Crippen molar-refractivity contribution in [3.05, 3.63) is 23.8 Å². The van der Waals surface area contributed by atoms with Gasteiger partial charge in [-0.2, -0.15) is 4.31 Å². The van der Waals surface area contributed by atoms with Crippen LogP contribution in [0.4, 0.5) is 5.69 Å². The van der Waals surface area contributed by atoms with Crippen LogP contribution in [0.25, 0.3) is 0 Å². The number of anilines is 1. The summed E-state index contributed by atoms with van der Waals surface area (Å²) in [6.07, 6.45) is 1.15. The van der Waals surface area contributed by atoms with Crippen molar-refractivity contribution in [1.82, 2.24) is 9.62 Å². The van der Waals surface area contributed by atoms with E-state index < -0.39 is 15.6 Å². The van der Waals surface area contributed by atoms with E-state index in [4.69, 9.17) is 4.74 Å². The van der Waals surface area contributed by atoms with Gasteiger partial charge in [-0.15, -0.1) is 0 Å². The number of nitrogens with one attached hydrogen (secondary N) is 2. The molecule has 0 radical (unpaired) electrons. The first-order chi connectivity index (χ1) is 12.3. The molecule has 7 nitrogen and oxygen atoms in total. The van der Waals surface area contributed by atoms with Crippen molar-refractivity contribution in [2.45, 2.75) is 44.1 Å². The molecule has 1 aromatic rings. The summed E-state index contributed by atoms with van der Waals surface area (Å²) in [6.45, 7) is 7.57. The number of aryl methyl sites for hydroxylation is 1. The first kappa shape index (κ1) is 20.8. The van der Waals surface area contributed by atoms with Crippen LogP contribution in [0.2, 0.25) is 0 Å². The largest absolute Gasteiger partial charge is 0.368 e. The molecule has 1 amide bonds. The molecular formula is C18H29N3O4S. The van der Waals surface area contributed by atoms with Crippen molar-refractivity contribution in [1.29, 1.82) is 0 Å². The molecule has 0 unspecified atom stereocenters. The van der Waals surface area contributed by atoms with Crippen molar-refractivity contribution < 1.29 is 17.9 Å². The summed E-state index contributed by atoms with van der Waals surface area (Å²) in [5.74, 6) is -0.239. The van der Waals surface area contributed by atoms with Gasteiger partial charge in [-0.25, -0.2) is 8.42 Å². The van der Waals surface area contributed by atoms with Crippen LogP contribution in [0, 0.1) is 6.92 Å². The smallest absolute Gasteiger partial charge is 0.256 e. The molecule has 8 heteroatoms. The summed E-state index contributed by atoms with van der Waals surface area (Å²) in [6, 6.07) is 4.97. The highest BCUT2D eigenvalue weighted by molar-refractivity contribution is 7.89. The quantitative estimate of drug-likeness (QED) is 0.749. The Morgan fingerprint density at radius 3 is 2.42 bits per heavy atom. The highest BCUT2D eigenvalue weighted by Crippen LogP contribution is 2.27. The Morgan fingerprint density at radius 2 is 1.88 bits per heavy atom. The predicted molar refractivity (Wildman–Crippen MR) is 102 cm³/mol. The minimum absolute atomic E-state index is 0.218. The summed E-state index contributed by atoms with van der Waals surface area (Å²) >= 11 is 0. The van der Waals surface area contributed by atoms with Crippen molar-refractivity contribution in [2.24, 2.45) is 0 Å². The SMILES string of the molecule is CCN(CC)S(=O)(=O)c1cc(NC(=O)C2(OC)CCNCC2)ccc1C. The maximum atomic E-state index is 12.9. The van der Waals surface area contributed by atoms with E-state index >= 15 is 0 Å². The van der Waals surface area contributed by atoms with Crippen LogP contribution >= 0.6 is 0 Å². The first-order valence-corrected chi connectivity index (χ1v) is 10.4. The Bertz CT molecular complexity index is 739. The minimum atomic E-state index is -3.60. The molecular weight excluding hydrogens is 354 g/mol. The van der Waals surface area contributed by atoms with Gasteiger partial charge in [0, 0.05) is 25.9 Å². The summed E-state index contributed by atoms with van der Waals surface area (Å²) in [7, 11) is -2.06. The first-order valence-electron chi connectivity index (χ1n) is 8.99. The minimum Gasteiger partial charge on any atom is -0.368 e. The maximum absolute atomic E-state index is 12.9. The molecule has 2 N–H and O–H groups in total. The van der Waals surface area contributed by atoms with Crippen LogP contribution in [-0.2, 0) is 19.6 Å². The maximum Gasteiger partial charge on any atom is 0.256 e. The lowest BCUT2D eigenvalue weighted by molar-refractivity contribution is -0.140. The van der Waals surface area contributed by atoms with Gasteiger partial charge in [0.15, 0.2) is 0 Å². The van der Waals surface area contributed by atoms with Gasteiger partial charge in [0.05, 0.1) is 4.90 Å². The Labute approximate surface area is 156 Å². The average Bonchev–Trinajstić information content (AvgIpc) is 2.64. The molecule has 0 saturated carbocycles. The topological polar surface area (TPSA) is 87.7 Å². The highest BCUT2D eigenvalue weighted by Gasteiger charge is 2.39. The lowest BCUT2D eigenvalue weighted by Crippen LogP contribution is -2.51. The summed E-state index contributed by atoms with van der Waals surface area (Å²) in [4.78, 5) is 13.0. The molecule has 1 fully saturated rings. The number of methoxy groups -OCH3 is 1. The van der Waals surface area contributed by atoms with E-state index in [0.29, 0.717) is 50.3 Å². The summed E-state index contributed by atoms with van der Waals surface area (Å²) < 4.78 is 32.6. The molecule has 1 heterocycles. The number of benzene rings is 1. The monoisotopic (exact) mass is 383 g/mol. The third kappa shape index (κ3) is 4.09. The molecule has 1 aliphatic rings. The van der Waals surface area contributed by atoms with Crippen LogP contribution in [0.3, 0.4) is 0 Å². The van der Waals surface area contributed by atoms with Crippen molar-refractivity contribution in [2.75, 3.05) is 38.6 Å². The Balaban J connectivity index is 2.31. The van der Waals surface area contributed by atoms with Crippen molar-refractivity contribution in [3.63, 3.8) is 0 Å². The van der Waals surface area contributed by atoms with Gasteiger partial charge in [-0.3, -0.25) is 4.79 Å². The molecule has 1 aliphatic heterocycles. The number of ether oxygens (including phenoxy) is 1. The molecule has 26 heavy (non-hydrogen) atoms. The van der Waals surface area contributed by atoms with Crippen LogP contribution < -0.4 is 10.6 Å². The van der Waals surface area contributed by atoms with Crippen LogP contribution in [-0.4, -0.2) is 57.5 Å². The zero-order valence-electron chi connectivity index (χ0n) is 16.0. The lowest BCUT2D eigenvalue weighted by Gasteiger charge is -2.34. The average molecular weight is 384 g/mol. The number of sulfonamides is 1. The van der Waals surface area contributed by atoms with E-state index in [-0.39, 0.29) is 10.8 Å². The molecule has 146 valence electrons. The van der Waals surface area contributed by atoms with E-state index in [1.807, 2.05) is 13.8 Å². The number of nitrogens with zero attached hydrogens (tertiary/aromatic N) is 1. The third-order valence-corrected chi connectivity index (χ3v) is 7.18. The summed E-state index contributed by atoms with van der Waals surface area (Å²) in [5.41, 5.74) is 0.230. The molecule has 0 bridgehead atoms. The van der Waals surface area contributed by atoms with Gasteiger partial charge in [0.2, 0.25) is 10.0 Å².